The first kappa shape index (κ1) is 14.8. The number of aromatic nitrogens is 7. The highest BCUT2D eigenvalue weighted by molar-refractivity contribution is 5.74. The molecule has 1 saturated carbocycles. The molecule has 4 heterocycles. The minimum atomic E-state index is 0.290. The van der Waals surface area contributed by atoms with Crippen LogP contribution in [0.3, 0.4) is 0 Å². The van der Waals surface area contributed by atoms with Crippen LogP contribution in [0.1, 0.15) is 36.7 Å². The van der Waals surface area contributed by atoms with Gasteiger partial charge in [-0.3, -0.25) is 4.40 Å². The van der Waals surface area contributed by atoms with Crippen LogP contribution < -0.4 is 5.32 Å². The monoisotopic (exact) mass is 345 g/mol. The Morgan fingerprint density at radius 1 is 1.15 bits per heavy atom. The van der Waals surface area contributed by atoms with Gasteiger partial charge in [-0.25, -0.2) is 4.98 Å². The van der Waals surface area contributed by atoms with Crippen LogP contribution in [0.15, 0.2) is 30.6 Å². The van der Waals surface area contributed by atoms with E-state index >= 15 is 0 Å². The second-order valence-electron chi connectivity index (χ2n) is 6.49. The Hall–Kier alpha value is -3.54. The third-order valence-corrected chi connectivity index (χ3v) is 4.90. The van der Waals surface area contributed by atoms with Crippen molar-refractivity contribution >= 4 is 22.6 Å². The van der Waals surface area contributed by atoms with E-state index in [0.29, 0.717) is 17.4 Å². The maximum absolute atomic E-state index is 8.80. The summed E-state index contributed by atoms with van der Waals surface area (Å²) in [4.78, 5) is 7.50. The molecule has 0 spiro atoms. The fraction of sp³-hybridized carbons (Fsp3) is 0.294. The summed E-state index contributed by atoms with van der Waals surface area (Å²) in [7, 11) is 0. The van der Waals surface area contributed by atoms with Crippen molar-refractivity contribution in [2.24, 2.45) is 0 Å². The smallest absolute Gasteiger partial charge is 0.179 e. The van der Waals surface area contributed by atoms with E-state index in [0.717, 1.165) is 41.9 Å². The molecule has 0 aliphatic heterocycles. The summed E-state index contributed by atoms with van der Waals surface area (Å²) >= 11 is 0. The zero-order valence-corrected chi connectivity index (χ0v) is 13.8. The van der Waals surface area contributed by atoms with E-state index in [1.165, 1.54) is 0 Å². The molecular weight excluding hydrogens is 330 g/mol. The van der Waals surface area contributed by atoms with Crippen molar-refractivity contribution in [3.63, 3.8) is 0 Å². The Balaban J connectivity index is 1.39. The molecule has 1 fully saturated rings. The fourth-order valence-electron chi connectivity index (χ4n) is 3.69. The number of H-pyrrole nitrogens is 1. The highest BCUT2D eigenvalue weighted by Crippen LogP contribution is 2.35. The van der Waals surface area contributed by atoms with Gasteiger partial charge in [-0.2, -0.15) is 5.26 Å². The van der Waals surface area contributed by atoms with Crippen molar-refractivity contribution in [3.05, 3.63) is 42.1 Å². The van der Waals surface area contributed by atoms with E-state index in [1.54, 1.807) is 18.3 Å². The van der Waals surface area contributed by atoms with E-state index in [-0.39, 0.29) is 6.04 Å². The summed E-state index contributed by atoms with van der Waals surface area (Å²) < 4.78 is 2.09. The lowest BCUT2D eigenvalue weighted by atomic mass is 10.1. The molecule has 2 N–H and O–H groups in total. The first-order chi connectivity index (χ1) is 12.8. The maximum atomic E-state index is 8.80. The molecule has 4 aromatic heterocycles. The van der Waals surface area contributed by atoms with Gasteiger partial charge in [0.25, 0.3) is 0 Å². The Kier molecular flexibility index (Phi) is 3.28. The molecule has 0 aromatic carbocycles. The molecule has 5 rings (SSSR count). The van der Waals surface area contributed by atoms with Crippen molar-refractivity contribution in [2.75, 3.05) is 5.32 Å². The molecule has 2 atom stereocenters. The molecule has 0 amide bonds. The largest absolute Gasteiger partial charge is 0.366 e. The SMILES string of the molecule is N#Cc1ccc(N[C@@H]2CC[C@@H](c3nnc4cnc5[nH]ccc5n34)C2)nn1. The molecule has 0 unspecified atom stereocenters. The quantitative estimate of drug-likeness (QED) is 0.582. The number of anilines is 1. The molecule has 1 aliphatic rings. The van der Waals surface area contributed by atoms with E-state index in [2.05, 4.69) is 40.1 Å². The standard InChI is InChI=1S/C17H15N9/c18-8-12-3-4-14(23-22-12)21-11-2-1-10(7-11)17-25-24-15-9-20-16-13(26(15)17)5-6-19-16/h3-6,9-11,19H,1-2,7H2,(H,21,23)/t10-,11-/m1/s1. The van der Waals surface area contributed by atoms with E-state index < -0.39 is 0 Å². The average Bonchev–Trinajstić information content (AvgIpc) is 3.40. The molecule has 9 heteroatoms. The molecule has 0 saturated heterocycles. The Labute approximate surface area is 148 Å². The number of rotatable bonds is 3. The van der Waals surface area contributed by atoms with Gasteiger partial charge in [-0.05, 0) is 37.5 Å². The van der Waals surface area contributed by atoms with E-state index in [1.807, 2.05) is 18.3 Å². The summed E-state index contributed by atoms with van der Waals surface area (Å²) in [5.74, 6) is 1.98. The van der Waals surface area contributed by atoms with Crippen molar-refractivity contribution in [2.45, 2.75) is 31.2 Å². The van der Waals surface area contributed by atoms with Gasteiger partial charge in [0.1, 0.15) is 17.7 Å². The molecule has 0 bridgehead atoms. The Morgan fingerprint density at radius 2 is 2.12 bits per heavy atom. The van der Waals surface area contributed by atoms with Crippen LogP contribution in [-0.2, 0) is 0 Å². The zero-order valence-electron chi connectivity index (χ0n) is 13.8. The third kappa shape index (κ3) is 2.35. The predicted molar refractivity (Wildman–Crippen MR) is 93.4 cm³/mol. The van der Waals surface area contributed by atoms with Crippen LogP contribution >= 0.6 is 0 Å². The van der Waals surface area contributed by atoms with Crippen LogP contribution in [0, 0.1) is 11.3 Å². The van der Waals surface area contributed by atoms with Gasteiger partial charge in [0.15, 0.2) is 17.0 Å². The van der Waals surface area contributed by atoms with Gasteiger partial charge >= 0.3 is 0 Å². The van der Waals surface area contributed by atoms with Crippen LogP contribution in [0.4, 0.5) is 5.82 Å². The van der Waals surface area contributed by atoms with Crippen LogP contribution in [0.2, 0.25) is 0 Å². The minimum Gasteiger partial charge on any atom is -0.366 e. The fourth-order valence-corrected chi connectivity index (χ4v) is 3.69. The molecule has 9 nitrogen and oxygen atoms in total. The number of nitriles is 1. The lowest BCUT2D eigenvalue weighted by Gasteiger charge is -2.13. The van der Waals surface area contributed by atoms with Crippen molar-refractivity contribution < 1.29 is 0 Å². The third-order valence-electron chi connectivity index (χ3n) is 4.90. The highest BCUT2D eigenvalue weighted by atomic mass is 15.3. The normalized spacial score (nSPS) is 19.8. The summed E-state index contributed by atoms with van der Waals surface area (Å²) in [6.45, 7) is 0. The summed E-state index contributed by atoms with van der Waals surface area (Å²) in [6.07, 6.45) is 6.60. The van der Waals surface area contributed by atoms with Gasteiger partial charge in [-0.15, -0.1) is 20.4 Å². The lowest BCUT2D eigenvalue weighted by molar-refractivity contribution is 0.650. The number of hydrogen-bond acceptors (Lipinski definition) is 7. The van der Waals surface area contributed by atoms with E-state index in [4.69, 9.17) is 5.26 Å². The minimum absolute atomic E-state index is 0.290. The Bertz CT molecular complexity index is 1120. The first-order valence-electron chi connectivity index (χ1n) is 8.49. The van der Waals surface area contributed by atoms with Gasteiger partial charge in [0.05, 0.1) is 11.7 Å². The summed E-state index contributed by atoms with van der Waals surface area (Å²) in [5.41, 5.74) is 2.91. The van der Waals surface area contributed by atoms with E-state index in [9.17, 15) is 0 Å². The van der Waals surface area contributed by atoms with Crippen molar-refractivity contribution in [1.82, 2.24) is 34.8 Å². The van der Waals surface area contributed by atoms with Gasteiger partial charge < -0.3 is 10.3 Å². The first-order valence-corrected chi connectivity index (χ1v) is 8.49. The second-order valence-corrected chi connectivity index (χ2v) is 6.49. The predicted octanol–water partition coefficient (Wildman–Crippen LogP) is 2.02. The van der Waals surface area contributed by atoms with Gasteiger partial charge in [0, 0.05) is 18.2 Å². The van der Waals surface area contributed by atoms with Crippen LogP contribution in [0.5, 0.6) is 0 Å². The molecule has 4 aromatic rings. The average molecular weight is 345 g/mol. The molecule has 1 aliphatic carbocycles. The van der Waals surface area contributed by atoms with Crippen LogP contribution in [-0.4, -0.2) is 40.8 Å². The number of aromatic amines is 1. The number of hydrogen-bond donors (Lipinski definition) is 2. The van der Waals surface area contributed by atoms with Crippen molar-refractivity contribution in [1.29, 1.82) is 5.26 Å². The van der Waals surface area contributed by atoms with Gasteiger partial charge in [-0.1, -0.05) is 0 Å². The highest BCUT2D eigenvalue weighted by Gasteiger charge is 2.30. The zero-order chi connectivity index (χ0) is 17.5. The Morgan fingerprint density at radius 3 is 2.96 bits per heavy atom. The molecule has 0 radical (unpaired) electrons. The number of fused-ring (bicyclic) bond motifs is 3. The second kappa shape index (κ2) is 5.77. The lowest BCUT2D eigenvalue weighted by Crippen LogP contribution is -2.17. The summed E-state index contributed by atoms with van der Waals surface area (Å²) in [5, 5.41) is 28.9. The topological polar surface area (TPSA) is 120 Å². The maximum Gasteiger partial charge on any atom is 0.179 e. The van der Waals surface area contributed by atoms with Gasteiger partial charge in [0.2, 0.25) is 0 Å². The number of nitrogens with zero attached hydrogens (tertiary/aromatic N) is 7. The van der Waals surface area contributed by atoms with Crippen LogP contribution in [0.25, 0.3) is 16.8 Å². The molecule has 26 heavy (non-hydrogen) atoms. The molecular formula is C17H15N9. The summed E-state index contributed by atoms with van der Waals surface area (Å²) in [6, 6.07) is 7.73. The van der Waals surface area contributed by atoms with Crippen molar-refractivity contribution in [3.8, 4) is 6.07 Å². The number of nitrogens with one attached hydrogen (secondary N) is 2. The molecule has 128 valence electrons.